The van der Waals surface area contributed by atoms with Crippen molar-refractivity contribution in [2.45, 2.75) is 20.8 Å². The van der Waals surface area contributed by atoms with Gasteiger partial charge in [-0.05, 0) is 38.5 Å². The first-order chi connectivity index (χ1) is 9.44. The summed E-state index contributed by atoms with van der Waals surface area (Å²) < 4.78 is 15.8. The minimum Gasteiger partial charge on any atom is -0.493 e. The van der Waals surface area contributed by atoms with Gasteiger partial charge < -0.3 is 14.2 Å². The van der Waals surface area contributed by atoms with Crippen LogP contribution in [0.3, 0.4) is 0 Å². The molecular weight excluding hydrogens is 256 g/mol. The Balaban J connectivity index is 2.85. The SMILES string of the molecule is CC=Cc1ccc(OCC(C)(C)C(=O)OC)c(OC)c1. The maximum absolute atomic E-state index is 11.6. The second-order valence-corrected chi connectivity index (χ2v) is 5.07. The summed E-state index contributed by atoms with van der Waals surface area (Å²) in [6.07, 6.45) is 3.93. The number of esters is 1. The monoisotopic (exact) mass is 278 g/mol. The standard InChI is InChI=1S/C16H22O4/c1-6-7-12-8-9-13(14(10-12)18-4)20-11-16(2,3)15(17)19-5/h6-10H,11H2,1-5H3. The summed E-state index contributed by atoms with van der Waals surface area (Å²) in [5.74, 6) is 0.945. The average molecular weight is 278 g/mol. The number of benzene rings is 1. The number of hydrogen-bond acceptors (Lipinski definition) is 4. The Labute approximate surface area is 120 Å². The molecule has 0 unspecified atom stereocenters. The molecular formula is C16H22O4. The zero-order valence-corrected chi connectivity index (χ0v) is 12.7. The first kappa shape index (κ1) is 16.1. The molecule has 4 nitrogen and oxygen atoms in total. The molecule has 0 aromatic heterocycles. The minimum atomic E-state index is -0.707. The summed E-state index contributed by atoms with van der Waals surface area (Å²) in [6, 6.07) is 5.66. The highest BCUT2D eigenvalue weighted by Gasteiger charge is 2.30. The van der Waals surface area contributed by atoms with Crippen LogP contribution in [0.25, 0.3) is 6.08 Å². The van der Waals surface area contributed by atoms with Crippen LogP contribution in [0.5, 0.6) is 11.5 Å². The molecule has 0 N–H and O–H groups in total. The molecule has 0 aliphatic carbocycles. The van der Waals surface area contributed by atoms with E-state index >= 15 is 0 Å². The molecule has 0 saturated carbocycles. The van der Waals surface area contributed by atoms with Crippen LogP contribution in [0.15, 0.2) is 24.3 Å². The fourth-order valence-corrected chi connectivity index (χ4v) is 1.69. The lowest BCUT2D eigenvalue weighted by Gasteiger charge is -2.22. The summed E-state index contributed by atoms with van der Waals surface area (Å²) in [7, 11) is 2.96. The number of rotatable bonds is 6. The lowest BCUT2D eigenvalue weighted by molar-refractivity contribution is -0.152. The predicted molar refractivity (Wildman–Crippen MR) is 79.0 cm³/mol. The van der Waals surface area contributed by atoms with Gasteiger partial charge in [-0.25, -0.2) is 0 Å². The second-order valence-electron chi connectivity index (χ2n) is 5.07. The van der Waals surface area contributed by atoms with Gasteiger partial charge in [-0.2, -0.15) is 0 Å². The van der Waals surface area contributed by atoms with Crippen molar-refractivity contribution >= 4 is 12.0 Å². The van der Waals surface area contributed by atoms with Crippen LogP contribution in [0.1, 0.15) is 26.3 Å². The van der Waals surface area contributed by atoms with Crippen molar-refractivity contribution < 1.29 is 19.0 Å². The van der Waals surface area contributed by atoms with Gasteiger partial charge in [0.05, 0.1) is 19.6 Å². The Morgan fingerprint density at radius 3 is 2.50 bits per heavy atom. The van der Waals surface area contributed by atoms with Crippen LogP contribution >= 0.6 is 0 Å². The Bertz CT molecular complexity index is 489. The van der Waals surface area contributed by atoms with Gasteiger partial charge in [-0.15, -0.1) is 0 Å². The summed E-state index contributed by atoms with van der Waals surface area (Å²) in [5.41, 5.74) is 0.325. The Morgan fingerprint density at radius 1 is 1.25 bits per heavy atom. The fourth-order valence-electron chi connectivity index (χ4n) is 1.69. The topological polar surface area (TPSA) is 44.8 Å². The number of ether oxygens (including phenoxy) is 3. The molecule has 0 aliphatic rings. The van der Waals surface area contributed by atoms with Crippen molar-refractivity contribution in [2.75, 3.05) is 20.8 Å². The van der Waals surface area contributed by atoms with Gasteiger partial charge >= 0.3 is 5.97 Å². The van der Waals surface area contributed by atoms with E-state index in [0.717, 1.165) is 5.56 Å². The van der Waals surface area contributed by atoms with Gasteiger partial charge in [0, 0.05) is 0 Å². The maximum atomic E-state index is 11.6. The van der Waals surface area contributed by atoms with Crippen molar-refractivity contribution in [2.24, 2.45) is 5.41 Å². The Morgan fingerprint density at radius 2 is 1.95 bits per heavy atom. The molecule has 0 saturated heterocycles. The molecule has 0 heterocycles. The van der Waals surface area contributed by atoms with Crippen molar-refractivity contribution in [1.29, 1.82) is 0 Å². The lowest BCUT2D eigenvalue weighted by Crippen LogP contribution is -2.32. The minimum absolute atomic E-state index is 0.221. The van der Waals surface area contributed by atoms with Crippen molar-refractivity contribution in [1.82, 2.24) is 0 Å². The summed E-state index contributed by atoms with van der Waals surface area (Å²) in [5, 5.41) is 0. The van der Waals surface area contributed by atoms with Gasteiger partial charge in [-0.3, -0.25) is 4.79 Å². The van der Waals surface area contributed by atoms with Gasteiger partial charge in [0.15, 0.2) is 11.5 Å². The Hall–Kier alpha value is -1.97. The van der Waals surface area contributed by atoms with E-state index in [2.05, 4.69) is 0 Å². The van der Waals surface area contributed by atoms with E-state index in [1.807, 2.05) is 37.3 Å². The molecule has 0 bridgehead atoms. The number of carbonyl (C=O) groups is 1. The third-order valence-corrected chi connectivity index (χ3v) is 2.87. The van der Waals surface area contributed by atoms with E-state index in [0.29, 0.717) is 11.5 Å². The third-order valence-electron chi connectivity index (χ3n) is 2.87. The molecule has 0 atom stereocenters. The Kier molecular flexibility index (Phi) is 5.62. The number of allylic oxidation sites excluding steroid dienone is 1. The molecule has 20 heavy (non-hydrogen) atoms. The summed E-state index contributed by atoms with van der Waals surface area (Å²) in [6.45, 7) is 5.73. The normalized spacial score (nSPS) is 11.4. The van der Waals surface area contributed by atoms with Gasteiger partial charge in [0.25, 0.3) is 0 Å². The highest BCUT2D eigenvalue weighted by Crippen LogP contribution is 2.30. The van der Waals surface area contributed by atoms with Crippen molar-refractivity contribution in [3.05, 3.63) is 29.8 Å². The summed E-state index contributed by atoms with van der Waals surface area (Å²) >= 11 is 0. The van der Waals surface area contributed by atoms with Crippen LogP contribution in [-0.4, -0.2) is 26.8 Å². The molecule has 1 aromatic carbocycles. The smallest absolute Gasteiger partial charge is 0.314 e. The highest BCUT2D eigenvalue weighted by atomic mass is 16.5. The molecule has 0 spiro atoms. The van der Waals surface area contributed by atoms with Crippen molar-refractivity contribution in [3.63, 3.8) is 0 Å². The molecule has 0 fully saturated rings. The van der Waals surface area contributed by atoms with Gasteiger partial charge in [0.2, 0.25) is 0 Å². The molecule has 4 heteroatoms. The van der Waals surface area contributed by atoms with E-state index < -0.39 is 5.41 Å². The van der Waals surface area contributed by atoms with Gasteiger partial charge in [-0.1, -0.05) is 18.2 Å². The number of carbonyl (C=O) groups excluding carboxylic acids is 1. The van der Waals surface area contributed by atoms with Crippen LogP contribution in [0.2, 0.25) is 0 Å². The van der Waals surface area contributed by atoms with Crippen LogP contribution in [0, 0.1) is 5.41 Å². The molecule has 110 valence electrons. The molecule has 1 aromatic rings. The number of hydrogen-bond donors (Lipinski definition) is 0. The van der Waals surface area contributed by atoms with E-state index in [-0.39, 0.29) is 12.6 Å². The first-order valence-corrected chi connectivity index (χ1v) is 6.46. The first-order valence-electron chi connectivity index (χ1n) is 6.46. The average Bonchev–Trinajstić information content (AvgIpc) is 2.45. The van der Waals surface area contributed by atoms with E-state index in [1.54, 1.807) is 21.0 Å². The molecule has 0 radical (unpaired) electrons. The zero-order valence-electron chi connectivity index (χ0n) is 12.7. The lowest BCUT2D eigenvalue weighted by atomic mass is 9.95. The summed E-state index contributed by atoms with van der Waals surface area (Å²) in [4.78, 5) is 11.6. The van der Waals surface area contributed by atoms with Gasteiger partial charge in [0.1, 0.15) is 6.61 Å². The largest absolute Gasteiger partial charge is 0.493 e. The molecule has 1 rings (SSSR count). The van der Waals surface area contributed by atoms with E-state index in [4.69, 9.17) is 14.2 Å². The van der Waals surface area contributed by atoms with E-state index in [9.17, 15) is 4.79 Å². The maximum Gasteiger partial charge on any atom is 0.314 e. The zero-order chi connectivity index (χ0) is 15.2. The fraction of sp³-hybridized carbons (Fsp3) is 0.438. The third kappa shape index (κ3) is 4.02. The van der Waals surface area contributed by atoms with Crippen LogP contribution in [-0.2, 0) is 9.53 Å². The quantitative estimate of drug-likeness (QED) is 0.749. The van der Waals surface area contributed by atoms with Crippen LogP contribution in [0.4, 0.5) is 0 Å². The highest BCUT2D eigenvalue weighted by molar-refractivity contribution is 5.75. The molecule has 0 amide bonds. The predicted octanol–water partition coefficient (Wildman–Crippen LogP) is 3.31. The number of methoxy groups -OCH3 is 2. The molecule has 0 aliphatic heterocycles. The van der Waals surface area contributed by atoms with Crippen molar-refractivity contribution in [3.8, 4) is 11.5 Å². The second kappa shape index (κ2) is 6.98. The van der Waals surface area contributed by atoms with E-state index in [1.165, 1.54) is 7.11 Å². The van der Waals surface area contributed by atoms with Crippen LogP contribution < -0.4 is 9.47 Å².